The van der Waals surface area contributed by atoms with Crippen LogP contribution >= 0.6 is 0 Å². The van der Waals surface area contributed by atoms with Gasteiger partial charge in [-0.15, -0.1) is 0 Å². The summed E-state index contributed by atoms with van der Waals surface area (Å²) >= 11 is 0. The van der Waals surface area contributed by atoms with Crippen LogP contribution in [0.25, 0.3) is 6.08 Å². The van der Waals surface area contributed by atoms with Gasteiger partial charge in [-0.1, -0.05) is 19.4 Å². The molecule has 1 aliphatic rings. The monoisotopic (exact) mass is 322 g/mol. The molecule has 1 aromatic carbocycles. The molecule has 0 spiro atoms. The summed E-state index contributed by atoms with van der Waals surface area (Å²) in [6.07, 6.45) is 4.62. The summed E-state index contributed by atoms with van der Waals surface area (Å²) in [6.45, 7) is 5.35. The van der Waals surface area contributed by atoms with Gasteiger partial charge in [0.1, 0.15) is 11.9 Å². The SMILES string of the molecule is CCCC(OCC1CO1)c1cc(F)ccc1/C=C/C(=O)OCC. The van der Waals surface area contributed by atoms with Gasteiger partial charge in [0, 0.05) is 6.08 Å². The first-order chi connectivity index (χ1) is 11.1. The fraction of sp³-hybridized carbons (Fsp3) is 0.500. The minimum absolute atomic E-state index is 0.154. The van der Waals surface area contributed by atoms with Gasteiger partial charge in [0.2, 0.25) is 0 Å². The van der Waals surface area contributed by atoms with Gasteiger partial charge in [0.15, 0.2) is 0 Å². The zero-order valence-electron chi connectivity index (χ0n) is 13.6. The van der Waals surface area contributed by atoms with Crippen molar-refractivity contribution in [1.29, 1.82) is 0 Å². The van der Waals surface area contributed by atoms with Gasteiger partial charge in [0.05, 0.1) is 25.9 Å². The van der Waals surface area contributed by atoms with Crippen molar-refractivity contribution >= 4 is 12.0 Å². The highest BCUT2D eigenvalue weighted by Crippen LogP contribution is 2.29. The summed E-state index contributed by atoms with van der Waals surface area (Å²) in [5.74, 6) is -0.734. The van der Waals surface area contributed by atoms with E-state index in [1.54, 1.807) is 19.1 Å². The Labute approximate surface area is 136 Å². The molecule has 5 heteroatoms. The molecule has 0 aromatic heterocycles. The van der Waals surface area contributed by atoms with Gasteiger partial charge < -0.3 is 14.2 Å². The Morgan fingerprint density at radius 3 is 2.91 bits per heavy atom. The van der Waals surface area contributed by atoms with Crippen LogP contribution in [0.2, 0.25) is 0 Å². The Morgan fingerprint density at radius 2 is 2.26 bits per heavy atom. The van der Waals surface area contributed by atoms with E-state index in [0.717, 1.165) is 30.6 Å². The highest BCUT2D eigenvalue weighted by Gasteiger charge is 2.25. The fourth-order valence-electron chi connectivity index (χ4n) is 2.30. The van der Waals surface area contributed by atoms with Crippen molar-refractivity contribution in [3.63, 3.8) is 0 Å². The zero-order valence-corrected chi connectivity index (χ0v) is 13.6. The number of esters is 1. The first-order valence-electron chi connectivity index (χ1n) is 8.01. The van der Waals surface area contributed by atoms with Crippen molar-refractivity contribution in [3.8, 4) is 0 Å². The Kier molecular flexibility index (Phi) is 6.74. The fourth-order valence-corrected chi connectivity index (χ4v) is 2.30. The smallest absolute Gasteiger partial charge is 0.330 e. The molecular weight excluding hydrogens is 299 g/mol. The molecule has 2 unspecified atom stereocenters. The van der Waals surface area contributed by atoms with E-state index in [0.29, 0.717) is 13.2 Å². The number of carbonyl (C=O) groups is 1. The third kappa shape index (κ3) is 5.77. The van der Waals surface area contributed by atoms with Crippen molar-refractivity contribution in [2.45, 2.75) is 38.9 Å². The van der Waals surface area contributed by atoms with Crippen molar-refractivity contribution < 1.29 is 23.4 Å². The molecule has 0 N–H and O–H groups in total. The second-order valence-corrected chi connectivity index (χ2v) is 5.42. The van der Waals surface area contributed by atoms with Crippen LogP contribution in [-0.2, 0) is 19.0 Å². The van der Waals surface area contributed by atoms with Crippen LogP contribution < -0.4 is 0 Å². The molecule has 126 valence electrons. The molecule has 0 bridgehead atoms. The average molecular weight is 322 g/mol. The highest BCUT2D eigenvalue weighted by atomic mass is 19.1. The van der Waals surface area contributed by atoms with Crippen LogP contribution in [0.5, 0.6) is 0 Å². The first-order valence-corrected chi connectivity index (χ1v) is 8.01. The summed E-state index contributed by atoms with van der Waals surface area (Å²) in [6, 6.07) is 4.50. The van der Waals surface area contributed by atoms with E-state index < -0.39 is 5.97 Å². The van der Waals surface area contributed by atoms with E-state index in [9.17, 15) is 9.18 Å². The van der Waals surface area contributed by atoms with Gasteiger partial charge >= 0.3 is 5.97 Å². The van der Waals surface area contributed by atoms with E-state index in [1.807, 2.05) is 0 Å². The molecule has 0 saturated carbocycles. The minimum atomic E-state index is -0.415. The Bertz CT molecular complexity index is 552. The number of hydrogen-bond donors (Lipinski definition) is 0. The Hall–Kier alpha value is -1.72. The van der Waals surface area contributed by atoms with Crippen molar-refractivity contribution in [2.75, 3.05) is 19.8 Å². The summed E-state index contributed by atoms with van der Waals surface area (Å²) in [5, 5.41) is 0. The third-order valence-electron chi connectivity index (χ3n) is 3.52. The number of benzene rings is 1. The number of epoxide rings is 1. The summed E-state index contributed by atoms with van der Waals surface area (Å²) in [5.41, 5.74) is 1.50. The number of carbonyl (C=O) groups excluding carboxylic acids is 1. The Morgan fingerprint density at radius 1 is 1.48 bits per heavy atom. The second-order valence-electron chi connectivity index (χ2n) is 5.42. The van der Waals surface area contributed by atoms with E-state index in [4.69, 9.17) is 14.2 Å². The van der Waals surface area contributed by atoms with Gasteiger partial charge in [-0.2, -0.15) is 0 Å². The standard InChI is InChI=1S/C18H23FO4/c1-3-5-17(23-12-15-11-22-15)16-10-14(19)8-6-13(16)7-9-18(20)21-4-2/h6-10,15,17H,3-5,11-12H2,1-2H3/b9-7+. The van der Waals surface area contributed by atoms with Crippen LogP contribution in [0.1, 0.15) is 43.9 Å². The highest BCUT2D eigenvalue weighted by molar-refractivity contribution is 5.87. The van der Waals surface area contributed by atoms with Gasteiger partial charge in [-0.25, -0.2) is 9.18 Å². The predicted molar refractivity (Wildman–Crippen MR) is 85.4 cm³/mol. The maximum Gasteiger partial charge on any atom is 0.330 e. The van der Waals surface area contributed by atoms with Crippen LogP contribution in [0.15, 0.2) is 24.3 Å². The molecule has 1 aromatic rings. The van der Waals surface area contributed by atoms with E-state index in [1.165, 1.54) is 18.2 Å². The normalized spacial score (nSPS) is 18.1. The molecule has 0 aliphatic carbocycles. The van der Waals surface area contributed by atoms with Crippen LogP contribution in [0.3, 0.4) is 0 Å². The molecule has 23 heavy (non-hydrogen) atoms. The topological polar surface area (TPSA) is 48.1 Å². The molecule has 1 fully saturated rings. The summed E-state index contributed by atoms with van der Waals surface area (Å²) < 4.78 is 29.6. The molecular formula is C18H23FO4. The third-order valence-corrected chi connectivity index (χ3v) is 3.52. The number of hydrogen-bond acceptors (Lipinski definition) is 4. The van der Waals surface area contributed by atoms with Gasteiger partial charge in [0.25, 0.3) is 0 Å². The number of rotatable bonds is 9. The molecule has 1 saturated heterocycles. The second kappa shape index (κ2) is 8.79. The van der Waals surface area contributed by atoms with Gasteiger partial charge in [-0.3, -0.25) is 0 Å². The van der Waals surface area contributed by atoms with E-state index in [2.05, 4.69) is 6.92 Å². The zero-order chi connectivity index (χ0) is 16.7. The lowest BCUT2D eigenvalue weighted by atomic mass is 9.98. The van der Waals surface area contributed by atoms with Crippen molar-refractivity contribution in [2.24, 2.45) is 0 Å². The van der Waals surface area contributed by atoms with Crippen molar-refractivity contribution in [3.05, 3.63) is 41.2 Å². The molecule has 0 amide bonds. The first kappa shape index (κ1) is 17.6. The Balaban J connectivity index is 2.18. The molecule has 2 rings (SSSR count). The predicted octanol–water partition coefficient (Wildman–Crippen LogP) is 3.66. The minimum Gasteiger partial charge on any atom is -0.463 e. The van der Waals surface area contributed by atoms with Crippen LogP contribution in [-0.4, -0.2) is 31.9 Å². The summed E-state index contributed by atoms with van der Waals surface area (Å²) in [4.78, 5) is 11.5. The van der Waals surface area contributed by atoms with E-state index >= 15 is 0 Å². The van der Waals surface area contributed by atoms with Crippen LogP contribution in [0.4, 0.5) is 4.39 Å². The molecule has 1 aliphatic heterocycles. The maximum atomic E-state index is 13.7. The van der Waals surface area contributed by atoms with E-state index in [-0.39, 0.29) is 18.0 Å². The van der Waals surface area contributed by atoms with Crippen LogP contribution in [0, 0.1) is 5.82 Å². The molecule has 1 heterocycles. The lowest BCUT2D eigenvalue weighted by Gasteiger charge is -2.19. The van der Waals surface area contributed by atoms with Crippen molar-refractivity contribution in [1.82, 2.24) is 0 Å². The molecule has 0 radical (unpaired) electrons. The lowest BCUT2D eigenvalue weighted by molar-refractivity contribution is -0.137. The number of halogens is 1. The molecule has 2 atom stereocenters. The average Bonchev–Trinajstić information content (AvgIpc) is 3.35. The van der Waals surface area contributed by atoms with Gasteiger partial charge in [-0.05, 0) is 42.7 Å². The quantitative estimate of drug-likeness (QED) is 0.395. The maximum absolute atomic E-state index is 13.7. The lowest BCUT2D eigenvalue weighted by Crippen LogP contribution is -2.11. The summed E-state index contributed by atoms with van der Waals surface area (Å²) in [7, 11) is 0. The largest absolute Gasteiger partial charge is 0.463 e. The number of ether oxygens (including phenoxy) is 3. The molecule has 4 nitrogen and oxygen atoms in total.